The molecule has 3 heteroatoms. The molecule has 17 heavy (non-hydrogen) atoms. The van der Waals surface area contributed by atoms with Crippen LogP contribution in [-0.4, -0.2) is 55.7 Å². The average Bonchev–Trinajstić information content (AvgIpc) is 2.40. The first kappa shape index (κ1) is 12.8. The van der Waals surface area contributed by atoms with E-state index in [1.165, 1.54) is 44.6 Å². The van der Waals surface area contributed by atoms with Gasteiger partial charge in [-0.3, -0.25) is 9.80 Å². The van der Waals surface area contributed by atoms with Gasteiger partial charge in [0.1, 0.15) is 0 Å². The Labute approximate surface area is 105 Å². The van der Waals surface area contributed by atoms with Crippen LogP contribution in [0.5, 0.6) is 0 Å². The largest absolute Gasteiger partial charge is 0.305 e. The van der Waals surface area contributed by atoms with Crippen molar-refractivity contribution in [1.29, 1.82) is 0 Å². The molecular weight excluding hydrogens is 210 g/mol. The molecule has 1 heterocycles. The van der Waals surface area contributed by atoms with E-state index >= 15 is 0 Å². The fourth-order valence-electron chi connectivity index (χ4n) is 2.53. The Morgan fingerprint density at radius 1 is 1.24 bits per heavy atom. The van der Waals surface area contributed by atoms with Crippen molar-refractivity contribution in [2.75, 3.05) is 39.8 Å². The molecule has 96 valence electrons. The minimum absolute atomic E-state index is 0.506. The second-order valence-electron chi connectivity index (χ2n) is 5.04. The molecule has 1 aliphatic heterocycles. The molecule has 3 nitrogen and oxygen atoms in total. The molecule has 2 aliphatic rings. The summed E-state index contributed by atoms with van der Waals surface area (Å²) in [4.78, 5) is 5.09. The van der Waals surface area contributed by atoms with Crippen LogP contribution in [0.4, 0.5) is 0 Å². The molecule has 0 radical (unpaired) electrons. The number of nitrogens with zero attached hydrogens (tertiary/aromatic N) is 2. The van der Waals surface area contributed by atoms with Gasteiger partial charge in [-0.25, -0.2) is 0 Å². The van der Waals surface area contributed by atoms with E-state index in [1.807, 2.05) is 7.05 Å². The third-order valence-electron chi connectivity index (χ3n) is 3.85. The summed E-state index contributed by atoms with van der Waals surface area (Å²) < 4.78 is 0. The van der Waals surface area contributed by atoms with Gasteiger partial charge in [0.05, 0.1) is 6.17 Å². The highest BCUT2D eigenvalue weighted by molar-refractivity contribution is 5.23. The number of nitrogens with one attached hydrogen (secondary N) is 1. The quantitative estimate of drug-likeness (QED) is 0.795. The summed E-state index contributed by atoms with van der Waals surface area (Å²) in [5, 5.41) is 3.32. The van der Waals surface area contributed by atoms with Crippen LogP contribution < -0.4 is 5.32 Å². The van der Waals surface area contributed by atoms with Crippen molar-refractivity contribution in [2.45, 2.75) is 25.9 Å². The van der Waals surface area contributed by atoms with Crippen LogP contribution in [0, 0.1) is 0 Å². The van der Waals surface area contributed by atoms with E-state index in [2.05, 4.69) is 40.3 Å². The van der Waals surface area contributed by atoms with E-state index in [1.54, 1.807) is 0 Å². The van der Waals surface area contributed by atoms with E-state index in [0.717, 1.165) is 6.54 Å². The van der Waals surface area contributed by atoms with Crippen molar-refractivity contribution < 1.29 is 0 Å². The molecule has 0 amide bonds. The number of allylic oxidation sites excluding steroid dienone is 2. The van der Waals surface area contributed by atoms with Crippen LogP contribution in [0.15, 0.2) is 23.8 Å². The molecule has 1 unspecified atom stereocenters. The molecule has 1 saturated heterocycles. The van der Waals surface area contributed by atoms with Gasteiger partial charge in [-0.1, -0.05) is 18.2 Å². The van der Waals surface area contributed by atoms with E-state index in [9.17, 15) is 0 Å². The van der Waals surface area contributed by atoms with Crippen LogP contribution in [-0.2, 0) is 0 Å². The van der Waals surface area contributed by atoms with Gasteiger partial charge in [-0.2, -0.15) is 0 Å². The van der Waals surface area contributed by atoms with Crippen molar-refractivity contribution in [2.24, 2.45) is 0 Å². The second-order valence-corrected chi connectivity index (χ2v) is 5.04. The Balaban J connectivity index is 1.75. The molecule has 2 rings (SSSR count). The van der Waals surface area contributed by atoms with Gasteiger partial charge in [0.2, 0.25) is 0 Å². The lowest BCUT2D eigenvalue weighted by Gasteiger charge is -2.38. The molecule has 0 bridgehead atoms. The lowest BCUT2D eigenvalue weighted by Crippen LogP contribution is -2.53. The molecule has 0 aromatic rings. The lowest BCUT2D eigenvalue weighted by molar-refractivity contribution is 0.0979. The normalized spacial score (nSPS) is 24.7. The van der Waals surface area contributed by atoms with Gasteiger partial charge in [-0.05, 0) is 32.4 Å². The maximum atomic E-state index is 3.32. The molecule has 1 fully saturated rings. The van der Waals surface area contributed by atoms with E-state index in [0.29, 0.717) is 6.17 Å². The predicted octanol–water partition coefficient (Wildman–Crippen LogP) is 1.45. The first-order valence-electron chi connectivity index (χ1n) is 6.79. The molecule has 1 aliphatic carbocycles. The summed E-state index contributed by atoms with van der Waals surface area (Å²) in [5.74, 6) is 0. The highest BCUT2D eigenvalue weighted by Crippen LogP contribution is 2.13. The SMILES string of the molecule is CNC(C)N1CCN(CC2=CCCC=C2)CC1. The summed E-state index contributed by atoms with van der Waals surface area (Å²) in [7, 11) is 2.04. The van der Waals surface area contributed by atoms with Gasteiger partial charge >= 0.3 is 0 Å². The standard InChI is InChI=1S/C14H25N3/c1-13(15-2)17-10-8-16(9-11-17)12-14-6-4-3-5-7-14/h4,6-7,13,15H,3,5,8-12H2,1-2H3. The summed E-state index contributed by atoms with van der Waals surface area (Å²) in [6, 6.07) is 0. The molecular formula is C14H25N3. The zero-order valence-electron chi connectivity index (χ0n) is 11.2. The zero-order valence-corrected chi connectivity index (χ0v) is 11.2. The van der Waals surface area contributed by atoms with Gasteiger partial charge in [0, 0.05) is 32.7 Å². The second kappa shape index (κ2) is 6.34. The van der Waals surface area contributed by atoms with Crippen molar-refractivity contribution in [3.05, 3.63) is 23.8 Å². The number of hydrogen-bond acceptors (Lipinski definition) is 3. The number of piperazine rings is 1. The third-order valence-corrected chi connectivity index (χ3v) is 3.85. The van der Waals surface area contributed by atoms with Crippen LogP contribution in [0.2, 0.25) is 0 Å². The van der Waals surface area contributed by atoms with Crippen LogP contribution in [0.25, 0.3) is 0 Å². The van der Waals surface area contributed by atoms with E-state index in [4.69, 9.17) is 0 Å². The smallest absolute Gasteiger partial charge is 0.0566 e. The molecule has 0 aromatic carbocycles. The molecule has 1 N–H and O–H groups in total. The topological polar surface area (TPSA) is 18.5 Å². The van der Waals surface area contributed by atoms with Gasteiger partial charge < -0.3 is 5.32 Å². The van der Waals surface area contributed by atoms with Crippen LogP contribution >= 0.6 is 0 Å². The Bertz CT molecular complexity index is 288. The number of rotatable bonds is 4. The predicted molar refractivity (Wildman–Crippen MR) is 73.0 cm³/mol. The third kappa shape index (κ3) is 3.66. The molecule has 1 atom stereocenters. The van der Waals surface area contributed by atoms with Crippen molar-refractivity contribution in [3.8, 4) is 0 Å². The average molecular weight is 235 g/mol. The highest BCUT2D eigenvalue weighted by Gasteiger charge is 2.20. The first-order valence-corrected chi connectivity index (χ1v) is 6.79. The first-order chi connectivity index (χ1) is 8.29. The fraction of sp³-hybridized carbons (Fsp3) is 0.714. The Hall–Kier alpha value is -0.640. The minimum Gasteiger partial charge on any atom is -0.305 e. The minimum atomic E-state index is 0.506. The van der Waals surface area contributed by atoms with Gasteiger partial charge in [-0.15, -0.1) is 0 Å². The van der Waals surface area contributed by atoms with E-state index < -0.39 is 0 Å². The zero-order chi connectivity index (χ0) is 12.1. The Kier molecular flexibility index (Phi) is 4.77. The summed E-state index contributed by atoms with van der Waals surface area (Å²) in [5.41, 5.74) is 1.51. The summed E-state index contributed by atoms with van der Waals surface area (Å²) in [6.07, 6.45) is 9.94. The lowest BCUT2D eigenvalue weighted by atomic mass is 10.1. The Morgan fingerprint density at radius 3 is 2.59 bits per heavy atom. The monoisotopic (exact) mass is 235 g/mol. The molecule has 0 spiro atoms. The van der Waals surface area contributed by atoms with Crippen molar-refractivity contribution in [1.82, 2.24) is 15.1 Å². The summed E-state index contributed by atoms with van der Waals surface area (Å²) in [6.45, 7) is 8.12. The highest BCUT2D eigenvalue weighted by atomic mass is 15.3. The number of hydrogen-bond donors (Lipinski definition) is 1. The van der Waals surface area contributed by atoms with Crippen LogP contribution in [0.3, 0.4) is 0 Å². The maximum Gasteiger partial charge on any atom is 0.0566 e. The van der Waals surface area contributed by atoms with Crippen molar-refractivity contribution in [3.63, 3.8) is 0 Å². The van der Waals surface area contributed by atoms with Crippen LogP contribution in [0.1, 0.15) is 19.8 Å². The summed E-state index contributed by atoms with van der Waals surface area (Å²) >= 11 is 0. The van der Waals surface area contributed by atoms with Gasteiger partial charge in [0.15, 0.2) is 0 Å². The maximum absolute atomic E-state index is 3.32. The molecule has 0 saturated carbocycles. The Morgan fingerprint density at radius 2 is 2.00 bits per heavy atom. The molecule has 0 aromatic heterocycles. The van der Waals surface area contributed by atoms with Crippen molar-refractivity contribution >= 4 is 0 Å². The van der Waals surface area contributed by atoms with Gasteiger partial charge in [0.25, 0.3) is 0 Å². The van der Waals surface area contributed by atoms with E-state index in [-0.39, 0.29) is 0 Å². The fourth-order valence-corrected chi connectivity index (χ4v) is 2.53.